The summed E-state index contributed by atoms with van der Waals surface area (Å²) in [6.07, 6.45) is 84.6. The largest absolute Gasteiger partial charge is 0.462 e. The molecule has 0 aromatic carbocycles. The van der Waals surface area contributed by atoms with Gasteiger partial charge in [0, 0.05) is 19.3 Å². The van der Waals surface area contributed by atoms with E-state index >= 15 is 0 Å². The molecule has 0 aliphatic rings. The van der Waals surface area contributed by atoms with Gasteiger partial charge in [-0.15, -0.1) is 0 Å². The molecule has 0 radical (unpaired) electrons. The normalized spacial score (nSPS) is 12.3. The van der Waals surface area contributed by atoms with Crippen molar-refractivity contribution in [1.82, 2.24) is 0 Å². The molecule has 0 amide bonds. The lowest BCUT2D eigenvalue weighted by Gasteiger charge is -2.18. The van der Waals surface area contributed by atoms with Crippen LogP contribution in [0.2, 0.25) is 0 Å². The summed E-state index contributed by atoms with van der Waals surface area (Å²) in [5.41, 5.74) is 0. The van der Waals surface area contributed by atoms with E-state index in [2.05, 4.69) is 69.4 Å². The third-order valence-electron chi connectivity index (χ3n) is 15.5. The minimum atomic E-state index is -0.782. The first kappa shape index (κ1) is 75.4. The van der Waals surface area contributed by atoms with Crippen LogP contribution in [0.5, 0.6) is 0 Å². The zero-order valence-corrected chi connectivity index (χ0v) is 52.5. The molecule has 1 atom stereocenters. The van der Waals surface area contributed by atoms with E-state index in [-0.39, 0.29) is 31.1 Å². The Morgan fingerprint density at radius 3 is 0.756 bits per heavy atom. The first-order valence-electron chi connectivity index (χ1n) is 34.6. The van der Waals surface area contributed by atoms with Gasteiger partial charge in [-0.25, -0.2) is 0 Å². The monoisotopic (exact) mass is 1090 g/mol. The minimum absolute atomic E-state index is 0.0781. The lowest BCUT2D eigenvalue weighted by molar-refractivity contribution is -0.167. The van der Waals surface area contributed by atoms with Crippen molar-refractivity contribution in [1.29, 1.82) is 0 Å². The Morgan fingerprint density at radius 2 is 0.474 bits per heavy atom. The van der Waals surface area contributed by atoms with Crippen LogP contribution in [0.1, 0.15) is 374 Å². The molecule has 6 heteroatoms. The highest BCUT2D eigenvalue weighted by molar-refractivity contribution is 5.71. The molecular formula is C72H132O6. The van der Waals surface area contributed by atoms with E-state index in [4.69, 9.17) is 14.2 Å². The van der Waals surface area contributed by atoms with Gasteiger partial charge in [0.25, 0.3) is 0 Å². The van der Waals surface area contributed by atoms with Crippen LogP contribution in [-0.2, 0) is 28.6 Å². The molecular weight excluding hydrogens is 961 g/mol. The van der Waals surface area contributed by atoms with E-state index in [0.717, 1.165) is 89.9 Å². The highest BCUT2D eigenvalue weighted by Gasteiger charge is 2.19. The van der Waals surface area contributed by atoms with Crippen molar-refractivity contribution < 1.29 is 28.6 Å². The summed E-state index contributed by atoms with van der Waals surface area (Å²) in [6, 6.07) is 0. The second kappa shape index (κ2) is 66.9. The molecule has 6 nitrogen and oxygen atoms in total. The number of esters is 3. The standard InChI is InChI=1S/C72H132O6/c1-4-7-10-13-16-19-22-24-26-27-28-29-30-31-32-33-34-35-36-37-38-39-40-41-42-43-44-45-46-48-50-53-56-59-62-65-71(74)77-68-69(67-76-70(73)64-61-58-55-52-49-21-18-15-12-9-6-3)78-72(75)66-63-60-57-54-51-47-25-23-20-17-14-11-8-5-2/h14-15,17-18,23,25,27-28,69H,4-13,16,19-22,24,26,29-68H2,1-3H3/b17-14-,18-15-,25-23-,28-27-. The summed E-state index contributed by atoms with van der Waals surface area (Å²) in [7, 11) is 0. The molecule has 0 spiro atoms. The van der Waals surface area contributed by atoms with E-state index < -0.39 is 6.10 Å². The van der Waals surface area contributed by atoms with Gasteiger partial charge in [-0.1, -0.05) is 313 Å². The molecule has 0 saturated carbocycles. The molecule has 1 unspecified atom stereocenters. The topological polar surface area (TPSA) is 78.9 Å². The number of carbonyl (C=O) groups is 3. The Labute approximate surface area is 486 Å². The van der Waals surface area contributed by atoms with Crippen LogP contribution in [0.3, 0.4) is 0 Å². The Bertz CT molecular complexity index is 1350. The Balaban J connectivity index is 4.00. The van der Waals surface area contributed by atoms with Gasteiger partial charge in [0.15, 0.2) is 6.10 Å². The summed E-state index contributed by atoms with van der Waals surface area (Å²) in [5.74, 6) is -0.884. The van der Waals surface area contributed by atoms with Crippen molar-refractivity contribution in [3.05, 3.63) is 48.6 Å². The van der Waals surface area contributed by atoms with Crippen LogP contribution in [0.15, 0.2) is 48.6 Å². The second-order valence-corrected chi connectivity index (χ2v) is 23.4. The van der Waals surface area contributed by atoms with Crippen molar-refractivity contribution >= 4 is 17.9 Å². The van der Waals surface area contributed by atoms with Gasteiger partial charge in [-0.05, 0) is 89.9 Å². The molecule has 78 heavy (non-hydrogen) atoms. The highest BCUT2D eigenvalue weighted by Crippen LogP contribution is 2.18. The van der Waals surface area contributed by atoms with Gasteiger partial charge in [-0.3, -0.25) is 14.4 Å². The number of unbranched alkanes of at least 4 members (excludes halogenated alkanes) is 45. The molecule has 0 aromatic heterocycles. The minimum Gasteiger partial charge on any atom is -0.462 e. The Kier molecular flexibility index (Phi) is 64.6. The van der Waals surface area contributed by atoms with Crippen LogP contribution < -0.4 is 0 Å². The summed E-state index contributed by atoms with van der Waals surface area (Å²) in [5, 5.41) is 0. The number of hydrogen-bond acceptors (Lipinski definition) is 6. The predicted octanol–water partition coefficient (Wildman–Crippen LogP) is 23.7. The van der Waals surface area contributed by atoms with Gasteiger partial charge in [0.05, 0.1) is 0 Å². The molecule has 0 bridgehead atoms. The smallest absolute Gasteiger partial charge is 0.306 e. The van der Waals surface area contributed by atoms with Crippen molar-refractivity contribution in [3.63, 3.8) is 0 Å². The molecule has 0 aliphatic heterocycles. The summed E-state index contributed by atoms with van der Waals surface area (Å²) in [6.45, 7) is 6.59. The van der Waals surface area contributed by atoms with Crippen LogP contribution in [0.4, 0.5) is 0 Å². The molecule has 0 saturated heterocycles. The lowest BCUT2D eigenvalue weighted by Crippen LogP contribution is -2.30. The first-order chi connectivity index (χ1) is 38.5. The summed E-state index contributed by atoms with van der Waals surface area (Å²) >= 11 is 0. The van der Waals surface area contributed by atoms with E-state index in [0.29, 0.717) is 19.3 Å². The molecule has 0 aromatic rings. The molecule has 0 fully saturated rings. The lowest BCUT2D eigenvalue weighted by atomic mass is 10.0. The van der Waals surface area contributed by atoms with Crippen LogP contribution in [0.25, 0.3) is 0 Å². The molecule has 456 valence electrons. The Hall–Kier alpha value is -2.63. The van der Waals surface area contributed by atoms with Gasteiger partial charge >= 0.3 is 17.9 Å². The maximum Gasteiger partial charge on any atom is 0.306 e. The quantitative estimate of drug-likeness (QED) is 0.0261. The second-order valence-electron chi connectivity index (χ2n) is 23.4. The summed E-state index contributed by atoms with van der Waals surface area (Å²) in [4.78, 5) is 38.2. The van der Waals surface area contributed by atoms with Crippen LogP contribution in [-0.4, -0.2) is 37.2 Å². The fourth-order valence-electron chi connectivity index (χ4n) is 10.3. The molecule has 0 aliphatic carbocycles. The number of carbonyl (C=O) groups excluding carboxylic acids is 3. The van der Waals surface area contributed by atoms with E-state index in [9.17, 15) is 14.4 Å². The van der Waals surface area contributed by atoms with Gasteiger partial charge in [-0.2, -0.15) is 0 Å². The number of allylic oxidation sites excluding steroid dienone is 8. The van der Waals surface area contributed by atoms with Crippen LogP contribution >= 0.6 is 0 Å². The fraction of sp³-hybridized carbons (Fsp3) is 0.847. The van der Waals surface area contributed by atoms with Gasteiger partial charge in [0.1, 0.15) is 13.2 Å². The average Bonchev–Trinajstić information content (AvgIpc) is 3.44. The molecule has 0 N–H and O–H groups in total. The fourth-order valence-corrected chi connectivity index (χ4v) is 10.3. The highest BCUT2D eigenvalue weighted by atomic mass is 16.6. The maximum absolute atomic E-state index is 12.9. The number of hydrogen-bond donors (Lipinski definition) is 0. The zero-order chi connectivity index (χ0) is 56.4. The van der Waals surface area contributed by atoms with E-state index in [1.807, 2.05) is 0 Å². The van der Waals surface area contributed by atoms with Gasteiger partial charge < -0.3 is 14.2 Å². The van der Waals surface area contributed by atoms with Gasteiger partial charge in [0.2, 0.25) is 0 Å². The zero-order valence-electron chi connectivity index (χ0n) is 52.5. The maximum atomic E-state index is 12.9. The number of rotatable bonds is 64. The summed E-state index contributed by atoms with van der Waals surface area (Å²) < 4.78 is 16.9. The SMILES string of the molecule is CCCC/C=C\C/C=C\CCCCCCCC(=O)OC(COC(=O)CCCCCCC/C=C\CCCC)COC(=O)CCCCCCCCCCCCCCCCCCCCCCCCC/C=C\CCCCCCCCCC. The van der Waals surface area contributed by atoms with E-state index in [1.165, 1.54) is 244 Å². The van der Waals surface area contributed by atoms with Crippen molar-refractivity contribution in [2.24, 2.45) is 0 Å². The van der Waals surface area contributed by atoms with Crippen molar-refractivity contribution in [3.8, 4) is 0 Å². The first-order valence-corrected chi connectivity index (χ1v) is 34.6. The Morgan fingerprint density at radius 1 is 0.256 bits per heavy atom. The average molecular weight is 1090 g/mol. The third kappa shape index (κ3) is 64.2. The van der Waals surface area contributed by atoms with Crippen LogP contribution in [0, 0.1) is 0 Å². The van der Waals surface area contributed by atoms with Crippen molar-refractivity contribution in [2.75, 3.05) is 13.2 Å². The number of ether oxygens (including phenoxy) is 3. The molecule has 0 heterocycles. The van der Waals surface area contributed by atoms with Crippen molar-refractivity contribution in [2.45, 2.75) is 380 Å². The third-order valence-corrected chi connectivity index (χ3v) is 15.5. The predicted molar refractivity (Wildman–Crippen MR) is 339 cm³/mol. The molecule has 0 rings (SSSR count). The van der Waals surface area contributed by atoms with E-state index in [1.54, 1.807) is 0 Å².